The van der Waals surface area contributed by atoms with Crippen molar-refractivity contribution in [2.24, 2.45) is 5.73 Å². The zero-order valence-corrected chi connectivity index (χ0v) is 23.5. The van der Waals surface area contributed by atoms with Gasteiger partial charge in [0.15, 0.2) is 0 Å². The fraction of sp³-hybridized carbons (Fsp3) is 0.229. The van der Waals surface area contributed by atoms with Crippen LogP contribution in [0.1, 0.15) is 46.9 Å². The Morgan fingerprint density at radius 2 is 1.00 bits per heavy atom. The summed E-state index contributed by atoms with van der Waals surface area (Å²) in [5, 5.41) is 10.1. The first-order valence-electron chi connectivity index (χ1n) is 14.4. The predicted molar refractivity (Wildman–Crippen MR) is 162 cm³/mol. The van der Waals surface area contributed by atoms with Gasteiger partial charge in [0.05, 0.1) is 0 Å². The van der Waals surface area contributed by atoms with Crippen molar-refractivity contribution in [3.63, 3.8) is 0 Å². The summed E-state index contributed by atoms with van der Waals surface area (Å²) in [4.78, 5) is 40.1. The number of benzene rings is 4. The topological polar surface area (TPSA) is 119 Å². The standard InChI is InChI=1S/C35H32N2O6/c36-19-9-18-32(33(38)39)37(34(40)42-20-30-26-14-5-1-10-22(26)23-11-2-6-15-27(23)30)35(41)43-21-31-28-16-7-3-12-24(28)25-13-4-8-17-29(25)31/h1-8,10-17,30-32H,9,18-21,36H2,(H,38,39). The molecule has 4 aromatic carbocycles. The minimum Gasteiger partial charge on any atom is -0.480 e. The van der Waals surface area contributed by atoms with Gasteiger partial charge >= 0.3 is 18.2 Å². The Hall–Kier alpha value is -4.95. The first-order valence-corrected chi connectivity index (χ1v) is 14.4. The SMILES string of the molecule is NCCCC(C(=O)O)N(C(=O)OCC1c2ccccc2-c2ccccc21)C(=O)OCC1c2ccccc2-c2ccccc21. The van der Waals surface area contributed by atoms with Crippen LogP contribution in [0.4, 0.5) is 9.59 Å². The Morgan fingerprint density at radius 1 is 0.651 bits per heavy atom. The van der Waals surface area contributed by atoms with Crippen LogP contribution in [0.5, 0.6) is 0 Å². The lowest BCUT2D eigenvalue weighted by atomic mass is 9.98. The summed E-state index contributed by atoms with van der Waals surface area (Å²) in [5.74, 6) is -1.85. The van der Waals surface area contributed by atoms with E-state index in [0.29, 0.717) is 11.3 Å². The number of amides is 2. The lowest BCUT2D eigenvalue weighted by Crippen LogP contribution is -2.49. The number of rotatable bonds is 9. The summed E-state index contributed by atoms with van der Waals surface area (Å²) in [6.45, 7) is 0.0689. The number of nitrogens with two attached hydrogens (primary N) is 1. The van der Waals surface area contributed by atoms with Crippen molar-refractivity contribution in [1.29, 1.82) is 0 Å². The maximum absolute atomic E-state index is 13.6. The van der Waals surface area contributed by atoms with Gasteiger partial charge in [0, 0.05) is 11.8 Å². The molecule has 0 spiro atoms. The van der Waals surface area contributed by atoms with E-state index >= 15 is 0 Å². The van der Waals surface area contributed by atoms with Gasteiger partial charge in [-0.1, -0.05) is 97.1 Å². The number of ether oxygens (including phenoxy) is 2. The summed E-state index contributed by atoms with van der Waals surface area (Å²) < 4.78 is 11.4. The zero-order valence-electron chi connectivity index (χ0n) is 23.5. The van der Waals surface area contributed by atoms with E-state index in [-0.39, 0.29) is 38.0 Å². The van der Waals surface area contributed by atoms with Crippen molar-refractivity contribution in [3.8, 4) is 22.3 Å². The molecule has 8 heteroatoms. The summed E-state index contributed by atoms with van der Waals surface area (Å²) >= 11 is 0. The number of hydrogen-bond donors (Lipinski definition) is 2. The van der Waals surface area contributed by atoms with Gasteiger partial charge in [-0.05, 0) is 63.9 Å². The van der Waals surface area contributed by atoms with Crippen molar-refractivity contribution in [2.45, 2.75) is 30.7 Å². The summed E-state index contributed by atoms with van der Waals surface area (Å²) in [6.07, 6.45) is -1.87. The maximum Gasteiger partial charge on any atom is 0.420 e. The first-order chi connectivity index (χ1) is 21.0. The summed E-state index contributed by atoms with van der Waals surface area (Å²) in [6, 6.07) is 30.1. The lowest BCUT2D eigenvalue weighted by Gasteiger charge is -2.27. The van der Waals surface area contributed by atoms with Crippen molar-refractivity contribution in [3.05, 3.63) is 119 Å². The number of carboxylic acid groups (broad SMARTS) is 1. The Balaban J connectivity index is 1.23. The molecule has 1 atom stereocenters. The molecule has 0 saturated heterocycles. The van der Waals surface area contributed by atoms with Crippen LogP contribution >= 0.6 is 0 Å². The number of carbonyl (C=O) groups excluding carboxylic acids is 2. The van der Waals surface area contributed by atoms with Crippen molar-refractivity contribution < 1.29 is 29.0 Å². The normalized spacial score (nSPS) is 13.8. The molecule has 6 rings (SSSR count). The number of nitrogens with zero attached hydrogens (tertiary/aromatic N) is 1. The molecule has 0 fully saturated rings. The maximum atomic E-state index is 13.6. The van der Waals surface area contributed by atoms with Crippen molar-refractivity contribution >= 4 is 18.2 Å². The first kappa shape index (κ1) is 28.2. The second kappa shape index (κ2) is 12.1. The van der Waals surface area contributed by atoms with E-state index in [1.165, 1.54) is 0 Å². The van der Waals surface area contributed by atoms with Gasteiger partial charge < -0.3 is 20.3 Å². The largest absolute Gasteiger partial charge is 0.480 e. The smallest absolute Gasteiger partial charge is 0.420 e. The molecule has 0 aliphatic heterocycles. The van der Waals surface area contributed by atoms with Crippen LogP contribution in [-0.4, -0.2) is 54.0 Å². The molecular weight excluding hydrogens is 544 g/mol. The van der Waals surface area contributed by atoms with Gasteiger partial charge in [-0.25, -0.2) is 14.4 Å². The highest BCUT2D eigenvalue weighted by Crippen LogP contribution is 2.45. The number of hydrogen-bond acceptors (Lipinski definition) is 6. The molecule has 0 radical (unpaired) electrons. The van der Waals surface area contributed by atoms with E-state index < -0.39 is 24.2 Å². The molecule has 218 valence electrons. The molecule has 8 nitrogen and oxygen atoms in total. The number of aliphatic carboxylic acids is 1. The molecule has 2 aliphatic rings. The predicted octanol–water partition coefficient (Wildman–Crippen LogP) is 6.38. The van der Waals surface area contributed by atoms with E-state index in [1.54, 1.807) is 0 Å². The third kappa shape index (κ3) is 5.26. The molecule has 0 heterocycles. The third-order valence-electron chi connectivity index (χ3n) is 8.34. The fourth-order valence-electron chi connectivity index (χ4n) is 6.33. The molecule has 1 unspecified atom stereocenters. The van der Waals surface area contributed by atoms with Crippen LogP contribution in [0, 0.1) is 0 Å². The summed E-state index contributed by atoms with van der Waals surface area (Å²) in [7, 11) is 0. The van der Waals surface area contributed by atoms with E-state index in [9.17, 15) is 19.5 Å². The quantitative estimate of drug-likeness (QED) is 0.237. The number of carbonyl (C=O) groups is 3. The zero-order chi connectivity index (χ0) is 29.9. The number of carboxylic acids is 1. The molecule has 3 N–H and O–H groups in total. The summed E-state index contributed by atoms with van der Waals surface area (Å²) in [5.41, 5.74) is 13.9. The molecular formula is C35H32N2O6. The monoisotopic (exact) mass is 576 g/mol. The number of fused-ring (bicyclic) bond motifs is 6. The third-order valence-corrected chi connectivity index (χ3v) is 8.34. The van der Waals surface area contributed by atoms with E-state index in [4.69, 9.17) is 15.2 Å². The highest BCUT2D eigenvalue weighted by molar-refractivity contribution is 5.93. The Morgan fingerprint density at radius 3 is 1.33 bits per heavy atom. The van der Waals surface area contributed by atoms with Gasteiger partial charge in [0.2, 0.25) is 0 Å². The van der Waals surface area contributed by atoms with E-state index in [0.717, 1.165) is 44.5 Å². The minimum atomic E-state index is -1.49. The van der Waals surface area contributed by atoms with Crippen molar-refractivity contribution in [2.75, 3.05) is 19.8 Å². The molecule has 0 aromatic heterocycles. The molecule has 0 bridgehead atoms. The van der Waals surface area contributed by atoms with Crippen LogP contribution in [-0.2, 0) is 14.3 Å². The Bertz CT molecular complexity index is 1480. The van der Waals surface area contributed by atoms with Crippen molar-refractivity contribution in [1.82, 2.24) is 4.90 Å². The molecule has 43 heavy (non-hydrogen) atoms. The molecule has 4 aromatic rings. The lowest BCUT2D eigenvalue weighted by molar-refractivity contribution is -0.142. The van der Waals surface area contributed by atoms with Gasteiger partial charge in [-0.15, -0.1) is 0 Å². The van der Waals surface area contributed by atoms with Gasteiger partial charge in [-0.2, -0.15) is 4.90 Å². The molecule has 0 saturated carbocycles. The van der Waals surface area contributed by atoms with Crippen LogP contribution < -0.4 is 5.73 Å². The Kier molecular flexibility index (Phi) is 7.94. The van der Waals surface area contributed by atoms with E-state index in [1.807, 2.05) is 97.1 Å². The molecule has 2 aliphatic carbocycles. The minimum absolute atomic E-state index is 0.0276. The highest BCUT2D eigenvalue weighted by Gasteiger charge is 2.39. The van der Waals surface area contributed by atoms with Crippen LogP contribution in [0.15, 0.2) is 97.1 Å². The van der Waals surface area contributed by atoms with Gasteiger partial charge in [0.1, 0.15) is 19.3 Å². The average Bonchev–Trinajstić information content (AvgIpc) is 3.53. The van der Waals surface area contributed by atoms with Crippen LogP contribution in [0.25, 0.3) is 22.3 Å². The fourth-order valence-corrected chi connectivity index (χ4v) is 6.33. The van der Waals surface area contributed by atoms with Gasteiger partial charge in [-0.3, -0.25) is 0 Å². The van der Waals surface area contributed by atoms with Gasteiger partial charge in [0.25, 0.3) is 0 Å². The van der Waals surface area contributed by atoms with Crippen LogP contribution in [0.3, 0.4) is 0 Å². The second-order valence-electron chi connectivity index (χ2n) is 10.8. The second-order valence-corrected chi connectivity index (χ2v) is 10.8. The van der Waals surface area contributed by atoms with Crippen LogP contribution in [0.2, 0.25) is 0 Å². The molecule has 2 amide bonds. The average molecular weight is 577 g/mol. The Labute approximate surface area is 249 Å². The number of imide groups is 1. The van der Waals surface area contributed by atoms with E-state index in [2.05, 4.69) is 0 Å². The highest BCUT2D eigenvalue weighted by atomic mass is 16.6.